The summed E-state index contributed by atoms with van der Waals surface area (Å²) < 4.78 is 5.88. The maximum absolute atomic E-state index is 13.4. The summed E-state index contributed by atoms with van der Waals surface area (Å²) in [4.78, 5) is 53.1. The normalized spacial score (nSPS) is 21.2. The molecule has 1 aliphatic heterocycles. The number of nitrogens with zero attached hydrogens (tertiary/aromatic N) is 1. The van der Waals surface area contributed by atoms with E-state index >= 15 is 0 Å². The van der Waals surface area contributed by atoms with Crippen LogP contribution in [-0.2, 0) is 20.8 Å². The number of ether oxygens (including phenoxy) is 1. The Kier molecular flexibility index (Phi) is 13.9. The quantitative estimate of drug-likeness (QED) is 0.483. The molecule has 1 heterocycles. The van der Waals surface area contributed by atoms with Gasteiger partial charge in [0.1, 0.15) is 17.8 Å². The number of rotatable bonds is 3. The summed E-state index contributed by atoms with van der Waals surface area (Å²) in [5.41, 5.74) is 1.16. The van der Waals surface area contributed by atoms with E-state index in [9.17, 15) is 24.3 Å². The Labute approximate surface area is 249 Å². The summed E-state index contributed by atoms with van der Waals surface area (Å²) in [6, 6.07) is 14.2. The van der Waals surface area contributed by atoms with Crippen molar-refractivity contribution in [3.05, 3.63) is 65.7 Å². The van der Waals surface area contributed by atoms with Crippen molar-refractivity contribution in [3.8, 4) is 5.75 Å². The minimum Gasteiger partial charge on any atom is -0.493 e. The molecule has 0 spiro atoms. The van der Waals surface area contributed by atoms with Crippen LogP contribution < -0.4 is 15.4 Å². The van der Waals surface area contributed by atoms with E-state index in [1.54, 1.807) is 36.2 Å². The molecule has 0 aliphatic carbocycles. The highest BCUT2D eigenvalue weighted by molar-refractivity contribution is 5.99. The molecule has 3 amide bonds. The number of benzene rings is 2. The highest BCUT2D eigenvalue weighted by Crippen LogP contribution is 2.19. The lowest BCUT2D eigenvalue weighted by Gasteiger charge is -2.25. The first-order valence-corrected chi connectivity index (χ1v) is 15.2. The van der Waals surface area contributed by atoms with Crippen LogP contribution in [0.1, 0.15) is 86.6 Å². The second-order valence-electron chi connectivity index (χ2n) is 11.0. The highest BCUT2D eigenvalue weighted by atomic mass is 16.5. The molecule has 0 unspecified atom stereocenters. The van der Waals surface area contributed by atoms with Crippen molar-refractivity contribution in [2.24, 2.45) is 0 Å². The van der Waals surface area contributed by atoms with Gasteiger partial charge in [-0.2, -0.15) is 0 Å². The number of para-hydroxylation sites is 1. The average Bonchev–Trinajstić information content (AvgIpc) is 2.99. The number of fused-ring (bicyclic) bond motifs is 1. The molecule has 9 nitrogen and oxygen atoms in total. The molecule has 2 atom stereocenters. The zero-order chi connectivity index (χ0) is 30.2. The molecule has 9 heteroatoms. The smallest absolute Gasteiger partial charge is 0.326 e. The minimum absolute atomic E-state index is 0.127. The van der Waals surface area contributed by atoms with E-state index < -0.39 is 29.9 Å². The van der Waals surface area contributed by atoms with Gasteiger partial charge in [-0.25, -0.2) is 4.79 Å². The topological polar surface area (TPSA) is 125 Å². The van der Waals surface area contributed by atoms with Crippen molar-refractivity contribution < 1.29 is 29.0 Å². The first kappa shape index (κ1) is 32.6. The number of carboxylic acid groups (broad SMARTS) is 1. The van der Waals surface area contributed by atoms with Crippen LogP contribution in [0.2, 0.25) is 0 Å². The SMILES string of the molecule is CN1CCCCCCCCCCCOc2ccccc2C(=O)N[C@H](C(=O)O)CCC(=O)N[C@@H](Cc2ccccc2)C1=O. The van der Waals surface area contributed by atoms with Crippen LogP contribution in [0.5, 0.6) is 5.75 Å². The van der Waals surface area contributed by atoms with Crippen molar-refractivity contribution in [3.63, 3.8) is 0 Å². The van der Waals surface area contributed by atoms with Gasteiger partial charge in [0, 0.05) is 26.4 Å². The van der Waals surface area contributed by atoms with Crippen molar-refractivity contribution in [1.82, 2.24) is 15.5 Å². The molecule has 0 bridgehead atoms. The van der Waals surface area contributed by atoms with Crippen LogP contribution in [0.25, 0.3) is 0 Å². The van der Waals surface area contributed by atoms with Crippen molar-refractivity contribution in [2.75, 3.05) is 20.2 Å². The summed E-state index contributed by atoms with van der Waals surface area (Å²) in [5, 5.41) is 15.1. The van der Waals surface area contributed by atoms with Gasteiger partial charge in [-0.3, -0.25) is 14.4 Å². The van der Waals surface area contributed by atoms with Gasteiger partial charge in [-0.15, -0.1) is 0 Å². The number of carbonyl (C=O) groups excluding carboxylic acids is 3. The number of hydrogen-bond acceptors (Lipinski definition) is 5. The Balaban J connectivity index is 1.73. The van der Waals surface area contributed by atoms with E-state index in [0.29, 0.717) is 25.3 Å². The third kappa shape index (κ3) is 11.2. The Morgan fingerprint density at radius 3 is 2.17 bits per heavy atom. The van der Waals surface area contributed by atoms with Gasteiger partial charge in [-0.1, -0.05) is 87.4 Å². The molecule has 0 saturated heterocycles. The fourth-order valence-corrected chi connectivity index (χ4v) is 5.11. The first-order valence-electron chi connectivity index (χ1n) is 15.2. The van der Waals surface area contributed by atoms with E-state index in [2.05, 4.69) is 10.6 Å². The molecule has 2 aromatic carbocycles. The maximum Gasteiger partial charge on any atom is 0.326 e. The van der Waals surface area contributed by atoms with Crippen LogP contribution in [0.3, 0.4) is 0 Å². The van der Waals surface area contributed by atoms with Gasteiger partial charge >= 0.3 is 5.97 Å². The molecule has 3 N–H and O–H groups in total. The van der Waals surface area contributed by atoms with Crippen LogP contribution in [0.15, 0.2) is 54.6 Å². The largest absolute Gasteiger partial charge is 0.493 e. The van der Waals surface area contributed by atoms with Gasteiger partial charge < -0.3 is 25.4 Å². The second kappa shape index (κ2) is 17.8. The summed E-state index contributed by atoms with van der Waals surface area (Å²) in [5.74, 6) is -2.05. The summed E-state index contributed by atoms with van der Waals surface area (Å²) in [6.07, 6.45) is 9.63. The summed E-state index contributed by atoms with van der Waals surface area (Å²) in [6.45, 7) is 1.08. The fraction of sp³-hybridized carbons (Fsp3) is 0.515. The predicted molar refractivity (Wildman–Crippen MR) is 161 cm³/mol. The van der Waals surface area contributed by atoms with Gasteiger partial charge in [0.25, 0.3) is 5.91 Å². The number of aliphatic carboxylic acids is 1. The van der Waals surface area contributed by atoms with E-state index in [1.165, 1.54) is 12.8 Å². The number of hydrogen-bond donors (Lipinski definition) is 3. The molecule has 2 aromatic rings. The Bertz CT molecular complexity index is 1160. The van der Waals surface area contributed by atoms with Gasteiger partial charge in [-0.05, 0) is 37.0 Å². The molecule has 0 radical (unpaired) electrons. The number of likely N-dealkylation sites (N-methyl/N-ethyl adjacent to an activating group) is 1. The van der Waals surface area contributed by atoms with Gasteiger partial charge in [0.05, 0.1) is 12.2 Å². The molecule has 228 valence electrons. The zero-order valence-corrected chi connectivity index (χ0v) is 24.7. The molecule has 0 fully saturated rings. The van der Waals surface area contributed by atoms with Crippen LogP contribution in [0, 0.1) is 0 Å². The maximum atomic E-state index is 13.4. The fourth-order valence-electron chi connectivity index (χ4n) is 5.11. The monoisotopic (exact) mass is 579 g/mol. The Morgan fingerprint density at radius 1 is 0.857 bits per heavy atom. The lowest BCUT2D eigenvalue weighted by molar-refractivity contribution is -0.140. The molecule has 0 saturated carbocycles. The lowest BCUT2D eigenvalue weighted by atomic mass is 10.0. The van der Waals surface area contributed by atoms with Gasteiger partial charge in [0.15, 0.2) is 0 Å². The molecule has 0 aromatic heterocycles. The van der Waals surface area contributed by atoms with Crippen LogP contribution in [0.4, 0.5) is 0 Å². The highest BCUT2D eigenvalue weighted by Gasteiger charge is 2.27. The van der Waals surface area contributed by atoms with E-state index in [4.69, 9.17) is 4.74 Å². The van der Waals surface area contributed by atoms with E-state index in [0.717, 1.165) is 50.5 Å². The van der Waals surface area contributed by atoms with Crippen LogP contribution >= 0.6 is 0 Å². The Hall–Kier alpha value is -3.88. The zero-order valence-electron chi connectivity index (χ0n) is 24.7. The Morgan fingerprint density at radius 2 is 1.48 bits per heavy atom. The van der Waals surface area contributed by atoms with E-state index in [-0.39, 0.29) is 24.3 Å². The molecular formula is C33H45N3O6. The third-order valence-electron chi connectivity index (χ3n) is 7.58. The van der Waals surface area contributed by atoms with E-state index in [1.807, 2.05) is 30.3 Å². The number of carbonyl (C=O) groups is 4. The number of carboxylic acids is 1. The standard InChI is InChI=1S/C33H45N3O6/c1-36-22-14-7-5-3-2-4-6-8-15-23-42-29-19-13-12-18-26(29)31(38)35-27(33(40)41)20-21-30(37)34-28(32(36)39)24-25-16-10-9-11-17-25/h9-13,16-19,27-28H,2-8,14-15,20-24H2,1H3,(H,34,37)(H,35,38)(H,40,41)/t27-,28-/m0/s1. The minimum atomic E-state index is -1.28. The van der Waals surface area contributed by atoms with Crippen LogP contribution in [-0.4, -0.2) is 66.0 Å². The first-order chi connectivity index (χ1) is 20.3. The van der Waals surface area contributed by atoms with Gasteiger partial charge in [0.2, 0.25) is 11.8 Å². The summed E-state index contributed by atoms with van der Waals surface area (Å²) in [7, 11) is 1.76. The second-order valence-corrected chi connectivity index (χ2v) is 11.0. The lowest BCUT2D eigenvalue weighted by Crippen LogP contribution is -2.49. The molecule has 42 heavy (non-hydrogen) atoms. The number of nitrogens with one attached hydrogen (secondary N) is 2. The van der Waals surface area contributed by atoms with Crippen molar-refractivity contribution in [2.45, 2.75) is 89.1 Å². The van der Waals surface area contributed by atoms with Crippen molar-refractivity contribution >= 4 is 23.7 Å². The third-order valence-corrected chi connectivity index (χ3v) is 7.58. The molecular weight excluding hydrogens is 534 g/mol. The summed E-state index contributed by atoms with van der Waals surface area (Å²) >= 11 is 0. The molecule has 1 aliphatic rings. The average molecular weight is 580 g/mol. The number of amides is 3. The predicted octanol–water partition coefficient (Wildman–Crippen LogP) is 4.74. The molecule has 3 rings (SSSR count). The van der Waals surface area contributed by atoms with Crippen molar-refractivity contribution in [1.29, 1.82) is 0 Å².